The molecule has 8 heteroatoms. The number of aryl methyl sites for hydroxylation is 1. The summed E-state index contributed by atoms with van der Waals surface area (Å²) >= 11 is 6.12. The zero-order valence-electron chi connectivity index (χ0n) is 13.3. The second kappa shape index (κ2) is 6.87. The van der Waals surface area contributed by atoms with E-state index in [4.69, 9.17) is 16.9 Å². The van der Waals surface area contributed by atoms with E-state index in [1.165, 1.54) is 29.0 Å². The molecule has 1 N–H and O–H groups in total. The average Bonchev–Trinajstić information content (AvgIpc) is 3.00. The largest absolute Gasteiger partial charge is 0.351 e. The van der Waals surface area contributed by atoms with E-state index in [1.54, 1.807) is 13.0 Å². The Morgan fingerprint density at radius 1 is 1.44 bits per heavy atom. The van der Waals surface area contributed by atoms with Crippen LogP contribution in [-0.2, 0) is 0 Å². The molecule has 0 atom stereocenters. The summed E-state index contributed by atoms with van der Waals surface area (Å²) in [5.74, 6) is -0.816. The maximum atomic E-state index is 14.2. The van der Waals surface area contributed by atoms with Gasteiger partial charge in [0.2, 0.25) is 0 Å². The Morgan fingerprint density at radius 3 is 2.96 bits per heavy atom. The lowest BCUT2D eigenvalue weighted by atomic mass is 10.1. The molecule has 0 spiro atoms. The summed E-state index contributed by atoms with van der Waals surface area (Å²) in [5, 5.41) is 15.6. The smallest absolute Gasteiger partial charge is 0.254 e. The van der Waals surface area contributed by atoms with E-state index < -0.39 is 5.82 Å². The first-order valence-electron chi connectivity index (χ1n) is 7.47. The number of rotatable bonds is 4. The van der Waals surface area contributed by atoms with Gasteiger partial charge < -0.3 is 5.32 Å². The maximum Gasteiger partial charge on any atom is 0.254 e. The highest BCUT2D eigenvalue weighted by molar-refractivity contribution is 6.33. The van der Waals surface area contributed by atoms with Gasteiger partial charge in [0.05, 0.1) is 40.5 Å². The SMILES string of the molecule is Cc1c(C(=O)NCCC#N)cnc2c(-c3c(F)cccc3Cl)cnn12. The van der Waals surface area contributed by atoms with Crippen LogP contribution in [0.25, 0.3) is 16.8 Å². The van der Waals surface area contributed by atoms with Gasteiger partial charge in [0.15, 0.2) is 5.65 Å². The highest BCUT2D eigenvalue weighted by Gasteiger charge is 2.19. The molecule has 126 valence electrons. The van der Waals surface area contributed by atoms with Gasteiger partial charge in [-0.25, -0.2) is 13.9 Å². The van der Waals surface area contributed by atoms with Gasteiger partial charge in [-0.3, -0.25) is 4.79 Å². The molecule has 0 saturated heterocycles. The third kappa shape index (κ3) is 3.04. The van der Waals surface area contributed by atoms with Crippen molar-refractivity contribution in [3.8, 4) is 17.2 Å². The number of hydrogen-bond acceptors (Lipinski definition) is 4. The number of amides is 1. The first kappa shape index (κ1) is 16.9. The predicted molar refractivity (Wildman–Crippen MR) is 90.7 cm³/mol. The van der Waals surface area contributed by atoms with E-state index >= 15 is 0 Å². The predicted octanol–water partition coefficient (Wildman–Crippen LogP) is 3.14. The Morgan fingerprint density at radius 2 is 2.24 bits per heavy atom. The van der Waals surface area contributed by atoms with Crippen molar-refractivity contribution in [2.24, 2.45) is 0 Å². The van der Waals surface area contributed by atoms with Crippen LogP contribution in [0.2, 0.25) is 5.02 Å². The minimum Gasteiger partial charge on any atom is -0.351 e. The minimum atomic E-state index is -0.472. The fourth-order valence-corrected chi connectivity index (χ4v) is 2.79. The lowest BCUT2D eigenvalue weighted by Gasteiger charge is -2.08. The fourth-order valence-electron chi connectivity index (χ4n) is 2.53. The number of fused-ring (bicyclic) bond motifs is 1. The van der Waals surface area contributed by atoms with E-state index in [0.29, 0.717) is 22.5 Å². The van der Waals surface area contributed by atoms with E-state index in [9.17, 15) is 9.18 Å². The normalized spacial score (nSPS) is 10.6. The van der Waals surface area contributed by atoms with Gasteiger partial charge in [0, 0.05) is 18.3 Å². The molecule has 1 aromatic carbocycles. The molecule has 2 aromatic heterocycles. The van der Waals surface area contributed by atoms with Crippen LogP contribution in [-0.4, -0.2) is 27.0 Å². The van der Waals surface area contributed by atoms with Gasteiger partial charge in [0.25, 0.3) is 5.91 Å². The molecular formula is C17H13ClFN5O. The first-order valence-corrected chi connectivity index (χ1v) is 7.85. The van der Waals surface area contributed by atoms with Crippen LogP contribution in [0, 0.1) is 24.1 Å². The molecule has 0 aliphatic carbocycles. The molecule has 0 fully saturated rings. The molecule has 0 aliphatic rings. The second-order valence-corrected chi connectivity index (χ2v) is 5.72. The number of carbonyl (C=O) groups is 1. The van der Waals surface area contributed by atoms with Crippen LogP contribution in [0.4, 0.5) is 4.39 Å². The molecule has 0 unspecified atom stereocenters. The van der Waals surface area contributed by atoms with Gasteiger partial charge in [-0.05, 0) is 19.1 Å². The monoisotopic (exact) mass is 357 g/mol. The van der Waals surface area contributed by atoms with Crippen molar-refractivity contribution >= 4 is 23.2 Å². The third-order valence-electron chi connectivity index (χ3n) is 3.77. The zero-order chi connectivity index (χ0) is 18.0. The third-order valence-corrected chi connectivity index (χ3v) is 4.08. The van der Waals surface area contributed by atoms with Crippen molar-refractivity contribution in [3.05, 3.63) is 52.7 Å². The number of nitrogens with zero attached hydrogens (tertiary/aromatic N) is 4. The molecule has 3 aromatic rings. The van der Waals surface area contributed by atoms with Gasteiger partial charge in [0.1, 0.15) is 5.82 Å². The molecular weight excluding hydrogens is 345 g/mol. The Balaban J connectivity index is 2.06. The summed E-state index contributed by atoms with van der Waals surface area (Å²) in [6, 6.07) is 6.38. The van der Waals surface area contributed by atoms with E-state index in [0.717, 1.165) is 0 Å². The van der Waals surface area contributed by atoms with Crippen LogP contribution in [0.3, 0.4) is 0 Å². The number of carbonyl (C=O) groups excluding carboxylic acids is 1. The lowest BCUT2D eigenvalue weighted by molar-refractivity contribution is 0.0953. The van der Waals surface area contributed by atoms with Crippen LogP contribution < -0.4 is 5.32 Å². The highest BCUT2D eigenvalue weighted by Crippen LogP contribution is 2.33. The first-order chi connectivity index (χ1) is 12.0. The molecule has 25 heavy (non-hydrogen) atoms. The zero-order valence-corrected chi connectivity index (χ0v) is 14.0. The standard InChI is InChI=1S/C17H13ClFN5O/c1-10-11(17(25)21-7-3-6-20)8-22-16-12(9-23-24(10)16)15-13(18)4-2-5-14(15)19/h2,4-5,8-9H,3,7H2,1H3,(H,21,25). The number of halogens is 2. The van der Waals surface area contributed by atoms with Crippen molar-refractivity contribution in [3.63, 3.8) is 0 Å². The highest BCUT2D eigenvalue weighted by atomic mass is 35.5. The molecule has 0 saturated carbocycles. The summed E-state index contributed by atoms with van der Waals surface area (Å²) in [5.41, 5.74) is 1.95. The molecule has 6 nitrogen and oxygen atoms in total. The van der Waals surface area contributed by atoms with E-state index in [1.807, 2.05) is 6.07 Å². The molecule has 2 heterocycles. The van der Waals surface area contributed by atoms with Gasteiger partial charge >= 0.3 is 0 Å². The van der Waals surface area contributed by atoms with Crippen molar-refractivity contribution in [2.75, 3.05) is 6.54 Å². The van der Waals surface area contributed by atoms with Crippen molar-refractivity contribution in [1.29, 1.82) is 5.26 Å². The Labute approximate surface area is 147 Å². The van der Waals surface area contributed by atoms with Crippen molar-refractivity contribution in [2.45, 2.75) is 13.3 Å². The summed E-state index contributed by atoms with van der Waals surface area (Å²) in [7, 11) is 0. The quantitative estimate of drug-likeness (QED) is 0.727. The fraction of sp³-hybridized carbons (Fsp3) is 0.176. The Hall–Kier alpha value is -2.98. The molecule has 3 rings (SSSR count). The molecule has 0 bridgehead atoms. The molecule has 0 radical (unpaired) electrons. The van der Waals surface area contributed by atoms with Gasteiger partial charge in [-0.2, -0.15) is 10.4 Å². The average molecular weight is 358 g/mol. The number of nitriles is 1. The van der Waals surface area contributed by atoms with Crippen molar-refractivity contribution < 1.29 is 9.18 Å². The summed E-state index contributed by atoms with van der Waals surface area (Å²) in [6.45, 7) is 1.97. The van der Waals surface area contributed by atoms with Crippen LogP contribution in [0.15, 0.2) is 30.6 Å². The summed E-state index contributed by atoms with van der Waals surface area (Å²) in [4.78, 5) is 16.4. The van der Waals surface area contributed by atoms with E-state index in [2.05, 4.69) is 15.4 Å². The summed E-state index contributed by atoms with van der Waals surface area (Å²) < 4.78 is 15.7. The van der Waals surface area contributed by atoms with Gasteiger partial charge in [-0.1, -0.05) is 17.7 Å². The maximum absolute atomic E-state index is 14.2. The van der Waals surface area contributed by atoms with Crippen LogP contribution in [0.1, 0.15) is 22.5 Å². The summed E-state index contributed by atoms with van der Waals surface area (Å²) in [6.07, 6.45) is 3.10. The van der Waals surface area contributed by atoms with E-state index in [-0.39, 0.29) is 29.5 Å². The van der Waals surface area contributed by atoms with Crippen LogP contribution >= 0.6 is 11.6 Å². The van der Waals surface area contributed by atoms with Crippen molar-refractivity contribution in [1.82, 2.24) is 19.9 Å². The topological polar surface area (TPSA) is 83.1 Å². The lowest BCUT2D eigenvalue weighted by Crippen LogP contribution is -2.26. The number of nitrogens with one attached hydrogen (secondary N) is 1. The molecule has 1 amide bonds. The van der Waals surface area contributed by atoms with Gasteiger partial charge in [-0.15, -0.1) is 0 Å². The molecule has 0 aliphatic heterocycles. The number of aromatic nitrogens is 3. The number of hydrogen-bond donors (Lipinski definition) is 1. The number of benzene rings is 1. The second-order valence-electron chi connectivity index (χ2n) is 5.31. The minimum absolute atomic E-state index is 0.220. The Bertz CT molecular complexity index is 988. The van der Waals surface area contributed by atoms with Crippen LogP contribution in [0.5, 0.6) is 0 Å². The Kier molecular flexibility index (Phi) is 4.63.